The monoisotopic (exact) mass is 538 g/mol. The number of carbonyl (C=O) groups excluding carboxylic acids is 1. The third kappa shape index (κ3) is 5.98. The number of ether oxygens (including phenoxy) is 2. The number of carbonyl (C=O) groups is 1. The average Bonchev–Trinajstić information content (AvgIpc) is 3.04. The van der Waals surface area contributed by atoms with Gasteiger partial charge in [0.15, 0.2) is 17.2 Å². The fraction of sp³-hybridized carbons (Fsp3) is 0.500. The highest BCUT2D eigenvalue weighted by Crippen LogP contribution is 2.55. The molecule has 1 aromatic carbocycles. The Labute approximate surface area is 207 Å². The second kappa shape index (κ2) is 10.1. The number of pyridine rings is 1. The lowest BCUT2D eigenvalue weighted by molar-refractivity contribution is -0.272. The number of rotatable bonds is 7. The molecule has 0 saturated carbocycles. The molecule has 6 nitrogen and oxygen atoms in total. The van der Waals surface area contributed by atoms with Crippen LogP contribution in [0.4, 0.5) is 36.4 Å². The Bertz CT molecular complexity index is 1140. The third-order valence-electron chi connectivity index (χ3n) is 6.28. The molecule has 1 aromatic heterocycles. The van der Waals surface area contributed by atoms with Crippen LogP contribution in [-0.2, 0) is 16.0 Å². The van der Waals surface area contributed by atoms with Gasteiger partial charge in [0.25, 0.3) is 5.91 Å². The van der Waals surface area contributed by atoms with E-state index in [2.05, 4.69) is 15.0 Å². The molecule has 2 heterocycles. The Kier molecular flexibility index (Phi) is 7.81. The van der Waals surface area contributed by atoms with Crippen LogP contribution in [-0.4, -0.2) is 46.1 Å². The molecular weight excluding hydrogens is 513 g/mol. The Morgan fingerprint density at radius 3 is 2.38 bits per heavy atom. The number of benzene rings is 1. The number of amides is 1. The average molecular weight is 538 g/mol. The molecule has 37 heavy (non-hydrogen) atoms. The first-order valence-corrected chi connectivity index (χ1v) is 11.1. The van der Waals surface area contributed by atoms with E-state index in [1.165, 1.54) is 18.3 Å². The zero-order chi connectivity index (χ0) is 27.9. The Balaban J connectivity index is 2.01. The molecule has 0 unspecified atom stereocenters. The predicted molar refractivity (Wildman–Crippen MR) is 117 cm³/mol. The summed E-state index contributed by atoms with van der Waals surface area (Å²) >= 11 is 0. The van der Waals surface area contributed by atoms with Crippen LogP contribution in [0.3, 0.4) is 0 Å². The first kappa shape index (κ1) is 28.6. The van der Waals surface area contributed by atoms with Crippen LogP contribution in [0, 0.1) is 17.6 Å². The van der Waals surface area contributed by atoms with Gasteiger partial charge in [0, 0.05) is 29.5 Å². The van der Waals surface area contributed by atoms with Crippen LogP contribution >= 0.6 is 0 Å². The molecule has 1 saturated heterocycles. The lowest BCUT2D eigenvalue weighted by atomic mass is 9.77. The number of anilines is 1. The number of nitrogens with zero attached hydrogens (tertiary/aromatic N) is 1. The number of alkyl halides is 5. The van der Waals surface area contributed by atoms with Crippen molar-refractivity contribution in [1.82, 2.24) is 4.98 Å². The molecular formula is C24H25F7N2O4. The predicted octanol–water partition coefficient (Wildman–Crippen LogP) is 5.35. The highest BCUT2D eigenvalue weighted by Gasteiger charge is 2.66. The fourth-order valence-corrected chi connectivity index (χ4v) is 4.30. The maximum atomic E-state index is 14.4. The first-order valence-electron chi connectivity index (χ1n) is 11.1. The van der Waals surface area contributed by atoms with Crippen molar-refractivity contribution in [2.45, 2.75) is 70.1 Å². The smallest absolute Gasteiger partial charge is 0.417 e. The summed E-state index contributed by atoms with van der Waals surface area (Å²) in [4.78, 5) is 17.2. The van der Waals surface area contributed by atoms with Crippen molar-refractivity contribution in [3.8, 4) is 5.75 Å². The van der Waals surface area contributed by atoms with Gasteiger partial charge in [-0.15, -0.1) is 0 Å². The molecule has 0 spiro atoms. The van der Waals surface area contributed by atoms with Crippen LogP contribution in [0.5, 0.6) is 5.75 Å². The van der Waals surface area contributed by atoms with Crippen LogP contribution in [0.15, 0.2) is 30.5 Å². The standard InChI is InChI=1S/C24H25F7N2O4/c1-11-16(14-7-8-15(25)17(26)18(14)36-21(27)28)19(37-23(11,4)24(29,30)31)20(34)33-13-6-5-12(32-10-13)9-22(2,3)35/h5-8,10-11,16,19,21,35H,9H2,1-4H3,(H,33,34)/t11-,16-,19+,23+/m1/s1. The molecule has 2 aromatic rings. The van der Waals surface area contributed by atoms with Crippen molar-refractivity contribution >= 4 is 11.6 Å². The minimum atomic E-state index is -5.01. The summed E-state index contributed by atoms with van der Waals surface area (Å²) in [6.07, 6.45) is -5.58. The van der Waals surface area contributed by atoms with Crippen LogP contribution in [0.2, 0.25) is 0 Å². The van der Waals surface area contributed by atoms with Crippen molar-refractivity contribution in [2.24, 2.45) is 5.92 Å². The summed E-state index contributed by atoms with van der Waals surface area (Å²) < 4.78 is 106. The SMILES string of the molecule is C[C@@H]1[C@H](c2ccc(F)c(F)c2OC(F)F)[C@@H](C(=O)Nc2ccc(CC(C)(C)O)nc2)O[C@]1(C)C(F)(F)F. The van der Waals surface area contributed by atoms with Crippen molar-refractivity contribution in [3.05, 3.63) is 53.4 Å². The quantitative estimate of drug-likeness (QED) is 0.465. The number of aliphatic hydroxyl groups is 1. The minimum absolute atomic E-state index is 0.0643. The summed E-state index contributed by atoms with van der Waals surface area (Å²) in [5.74, 6) is -9.08. The Hall–Kier alpha value is -2.93. The normalized spacial score (nSPS) is 24.4. The van der Waals surface area contributed by atoms with E-state index in [0.717, 1.165) is 13.0 Å². The van der Waals surface area contributed by atoms with Gasteiger partial charge in [-0.1, -0.05) is 13.0 Å². The highest BCUT2D eigenvalue weighted by molar-refractivity contribution is 5.95. The first-order chi connectivity index (χ1) is 16.9. The van der Waals surface area contributed by atoms with Gasteiger partial charge in [0.05, 0.1) is 17.5 Å². The van der Waals surface area contributed by atoms with E-state index < -0.39 is 70.8 Å². The van der Waals surface area contributed by atoms with Crippen LogP contribution in [0.1, 0.15) is 44.9 Å². The molecule has 2 N–H and O–H groups in total. The van der Waals surface area contributed by atoms with Gasteiger partial charge in [-0.3, -0.25) is 9.78 Å². The molecule has 204 valence electrons. The molecule has 1 aliphatic heterocycles. The van der Waals surface area contributed by atoms with E-state index in [0.29, 0.717) is 18.7 Å². The summed E-state index contributed by atoms with van der Waals surface area (Å²) in [6, 6.07) is 4.20. The summed E-state index contributed by atoms with van der Waals surface area (Å²) in [6.45, 7) is 1.24. The van der Waals surface area contributed by atoms with Crippen LogP contribution in [0.25, 0.3) is 0 Å². The summed E-state index contributed by atoms with van der Waals surface area (Å²) in [7, 11) is 0. The second-order valence-corrected chi connectivity index (χ2v) is 9.63. The molecule has 1 aliphatic rings. The molecule has 0 radical (unpaired) electrons. The molecule has 0 aliphatic carbocycles. The summed E-state index contributed by atoms with van der Waals surface area (Å²) in [5, 5.41) is 12.3. The van der Waals surface area contributed by atoms with Crippen molar-refractivity contribution in [2.75, 3.05) is 5.32 Å². The fourth-order valence-electron chi connectivity index (χ4n) is 4.30. The van der Waals surface area contributed by atoms with E-state index in [1.54, 1.807) is 13.8 Å². The van der Waals surface area contributed by atoms with Gasteiger partial charge in [-0.2, -0.15) is 26.3 Å². The van der Waals surface area contributed by atoms with E-state index in [-0.39, 0.29) is 12.1 Å². The number of halogens is 7. The number of hydrogen-bond donors (Lipinski definition) is 2. The van der Waals surface area contributed by atoms with Gasteiger partial charge in [0.2, 0.25) is 5.82 Å². The van der Waals surface area contributed by atoms with Gasteiger partial charge in [-0.05, 0) is 39.0 Å². The van der Waals surface area contributed by atoms with Crippen molar-refractivity contribution < 1.29 is 50.1 Å². The number of hydrogen-bond acceptors (Lipinski definition) is 5. The lowest BCUT2D eigenvalue weighted by Crippen LogP contribution is -2.47. The third-order valence-corrected chi connectivity index (χ3v) is 6.28. The largest absolute Gasteiger partial charge is 0.431 e. The number of nitrogens with one attached hydrogen (secondary N) is 1. The molecule has 13 heteroatoms. The van der Waals surface area contributed by atoms with Gasteiger partial charge in [-0.25, -0.2) is 4.39 Å². The van der Waals surface area contributed by atoms with E-state index in [1.807, 2.05) is 0 Å². The molecule has 0 bridgehead atoms. The van der Waals surface area contributed by atoms with E-state index in [9.17, 15) is 40.6 Å². The number of aromatic nitrogens is 1. The summed E-state index contributed by atoms with van der Waals surface area (Å²) in [5.41, 5.74) is -4.06. The van der Waals surface area contributed by atoms with Crippen LogP contribution < -0.4 is 10.1 Å². The van der Waals surface area contributed by atoms with Crippen molar-refractivity contribution in [3.63, 3.8) is 0 Å². The highest BCUT2D eigenvalue weighted by atomic mass is 19.4. The molecule has 1 fully saturated rings. The second-order valence-electron chi connectivity index (χ2n) is 9.63. The van der Waals surface area contributed by atoms with Gasteiger partial charge >= 0.3 is 12.8 Å². The van der Waals surface area contributed by atoms with Gasteiger partial charge in [0.1, 0.15) is 6.10 Å². The maximum absolute atomic E-state index is 14.4. The Morgan fingerprint density at radius 2 is 1.86 bits per heavy atom. The lowest BCUT2D eigenvalue weighted by Gasteiger charge is -2.32. The molecule has 3 rings (SSSR count). The van der Waals surface area contributed by atoms with Gasteiger partial charge < -0.3 is 19.9 Å². The topological polar surface area (TPSA) is 80.7 Å². The Morgan fingerprint density at radius 1 is 1.22 bits per heavy atom. The minimum Gasteiger partial charge on any atom is -0.431 e. The zero-order valence-corrected chi connectivity index (χ0v) is 20.2. The zero-order valence-electron chi connectivity index (χ0n) is 20.2. The molecule has 4 atom stereocenters. The van der Waals surface area contributed by atoms with Crippen molar-refractivity contribution in [1.29, 1.82) is 0 Å². The molecule has 1 amide bonds. The maximum Gasteiger partial charge on any atom is 0.417 e. The van der Waals surface area contributed by atoms with E-state index in [4.69, 9.17) is 4.74 Å². The van der Waals surface area contributed by atoms with E-state index >= 15 is 0 Å².